The van der Waals surface area contributed by atoms with Gasteiger partial charge in [0.25, 0.3) is 0 Å². The van der Waals surface area contributed by atoms with E-state index in [1.165, 1.54) is 5.69 Å². The summed E-state index contributed by atoms with van der Waals surface area (Å²) in [6, 6.07) is 10.5. The normalized spacial score (nSPS) is 23.1. The first-order chi connectivity index (χ1) is 7.31. The van der Waals surface area contributed by atoms with Gasteiger partial charge in [-0.05, 0) is 19.2 Å². The van der Waals surface area contributed by atoms with Crippen LogP contribution in [0.1, 0.15) is 0 Å². The van der Waals surface area contributed by atoms with E-state index in [1.54, 1.807) is 7.11 Å². The Bertz CT molecular complexity index is 302. The Labute approximate surface area is 91.2 Å². The number of rotatable bonds is 2. The molecule has 3 nitrogen and oxygen atoms in total. The SMILES string of the molecule is COC1CN(c2ccccc2)CCN1C. The fourth-order valence-electron chi connectivity index (χ4n) is 1.97. The smallest absolute Gasteiger partial charge is 0.127 e. The second-order valence-corrected chi connectivity index (χ2v) is 3.95. The van der Waals surface area contributed by atoms with Crippen LogP contribution in [0.2, 0.25) is 0 Å². The van der Waals surface area contributed by atoms with Crippen LogP contribution < -0.4 is 4.90 Å². The first-order valence-corrected chi connectivity index (χ1v) is 5.34. The molecule has 1 heterocycles. The molecular weight excluding hydrogens is 188 g/mol. The van der Waals surface area contributed by atoms with Crippen molar-refractivity contribution in [3.05, 3.63) is 30.3 Å². The first kappa shape index (κ1) is 10.5. The number of hydrogen-bond acceptors (Lipinski definition) is 3. The van der Waals surface area contributed by atoms with Crippen LogP contribution in [0.15, 0.2) is 30.3 Å². The standard InChI is InChI=1S/C12H18N2O/c1-13-8-9-14(10-12(13)15-2)11-6-4-3-5-7-11/h3-7,12H,8-10H2,1-2H3. The van der Waals surface area contributed by atoms with Crippen LogP contribution in [0.3, 0.4) is 0 Å². The molecule has 0 amide bonds. The molecule has 0 aromatic heterocycles. The van der Waals surface area contributed by atoms with E-state index in [2.05, 4.69) is 41.1 Å². The Balaban J connectivity index is 2.06. The van der Waals surface area contributed by atoms with Gasteiger partial charge in [-0.25, -0.2) is 0 Å². The van der Waals surface area contributed by atoms with E-state index in [0.29, 0.717) is 0 Å². The summed E-state index contributed by atoms with van der Waals surface area (Å²) in [5.41, 5.74) is 1.28. The monoisotopic (exact) mass is 206 g/mol. The van der Waals surface area contributed by atoms with Gasteiger partial charge in [-0.15, -0.1) is 0 Å². The third-order valence-corrected chi connectivity index (χ3v) is 2.98. The molecule has 1 aliphatic rings. The van der Waals surface area contributed by atoms with Crippen molar-refractivity contribution < 1.29 is 4.74 Å². The highest BCUT2D eigenvalue weighted by Crippen LogP contribution is 2.17. The second kappa shape index (κ2) is 4.64. The Morgan fingerprint density at radius 1 is 1.20 bits per heavy atom. The van der Waals surface area contributed by atoms with E-state index in [9.17, 15) is 0 Å². The lowest BCUT2D eigenvalue weighted by Crippen LogP contribution is -2.52. The number of nitrogens with zero attached hydrogens (tertiary/aromatic N) is 2. The van der Waals surface area contributed by atoms with Crippen LogP contribution in [0.4, 0.5) is 5.69 Å². The summed E-state index contributed by atoms with van der Waals surface area (Å²) in [4.78, 5) is 4.62. The molecule has 1 unspecified atom stereocenters. The largest absolute Gasteiger partial charge is 0.366 e. The van der Waals surface area contributed by atoms with Crippen molar-refractivity contribution in [2.45, 2.75) is 6.23 Å². The highest BCUT2D eigenvalue weighted by Gasteiger charge is 2.23. The van der Waals surface area contributed by atoms with Crippen LogP contribution in [0.25, 0.3) is 0 Å². The van der Waals surface area contributed by atoms with Crippen LogP contribution in [0, 0.1) is 0 Å². The zero-order chi connectivity index (χ0) is 10.7. The molecule has 0 N–H and O–H groups in total. The molecule has 0 spiro atoms. The molecule has 3 heteroatoms. The number of likely N-dealkylation sites (N-methyl/N-ethyl adjacent to an activating group) is 1. The molecule has 1 saturated heterocycles. The van der Waals surface area contributed by atoms with Crippen LogP contribution in [0.5, 0.6) is 0 Å². The predicted molar refractivity (Wildman–Crippen MR) is 62.1 cm³/mol. The summed E-state index contributed by atoms with van der Waals surface area (Å²) in [6.07, 6.45) is 0.207. The highest BCUT2D eigenvalue weighted by atomic mass is 16.5. The fourth-order valence-corrected chi connectivity index (χ4v) is 1.97. The highest BCUT2D eigenvalue weighted by molar-refractivity contribution is 5.46. The van der Waals surface area contributed by atoms with Gasteiger partial charge in [0.1, 0.15) is 6.23 Å². The van der Waals surface area contributed by atoms with Gasteiger partial charge >= 0.3 is 0 Å². The molecular formula is C12H18N2O. The number of methoxy groups -OCH3 is 1. The Kier molecular flexibility index (Phi) is 3.23. The molecule has 1 aromatic rings. The average Bonchev–Trinajstić information content (AvgIpc) is 2.31. The van der Waals surface area contributed by atoms with Gasteiger partial charge in [0, 0.05) is 25.9 Å². The lowest BCUT2D eigenvalue weighted by molar-refractivity contribution is -0.0225. The topological polar surface area (TPSA) is 15.7 Å². The van der Waals surface area contributed by atoms with Crippen molar-refractivity contribution in [1.82, 2.24) is 4.90 Å². The minimum Gasteiger partial charge on any atom is -0.366 e. The molecule has 2 rings (SSSR count). The van der Waals surface area contributed by atoms with E-state index >= 15 is 0 Å². The zero-order valence-electron chi connectivity index (χ0n) is 9.39. The maximum atomic E-state index is 5.44. The van der Waals surface area contributed by atoms with Crippen LogP contribution in [-0.2, 0) is 4.74 Å². The van der Waals surface area contributed by atoms with Crippen molar-refractivity contribution in [2.75, 3.05) is 38.7 Å². The summed E-state index contributed by atoms with van der Waals surface area (Å²) < 4.78 is 5.44. The Morgan fingerprint density at radius 3 is 2.60 bits per heavy atom. The minimum atomic E-state index is 0.207. The van der Waals surface area contributed by atoms with Crippen molar-refractivity contribution in [3.8, 4) is 0 Å². The number of para-hydroxylation sites is 1. The fraction of sp³-hybridized carbons (Fsp3) is 0.500. The maximum absolute atomic E-state index is 5.44. The minimum absolute atomic E-state index is 0.207. The zero-order valence-corrected chi connectivity index (χ0v) is 9.39. The average molecular weight is 206 g/mol. The van der Waals surface area contributed by atoms with Gasteiger partial charge in [-0.3, -0.25) is 4.90 Å². The number of benzene rings is 1. The number of piperazine rings is 1. The first-order valence-electron chi connectivity index (χ1n) is 5.34. The molecule has 0 saturated carbocycles. The van der Waals surface area contributed by atoms with Gasteiger partial charge in [0.2, 0.25) is 0 Å². The van der Waals surface area contributed by atoms with Gasteiger partial charge < -0.3 is 9.64 Å². The maximum Gasteiger partial charge on any atom is 0.127 e. The van der Waals surface area contributed by atoms with Gasteiger partial charge in [-0.1, -0.05) is 18.2 Å². The van der Waals surface area contributed by atoms with Crippen molar-refractivity contribution in [2.24, 2.45) is 0 Å². The molecule has 1 aliphatic heterocycles. The van der Waals surface area contributed by atoms with Gasteiger partial charge in [0.05, 0.1) is 6.54 Å². The molecule has 0 radical (unpaired) electrons. The Morgan fingerprint density at radius 2 is 1.93 bits per heavy atom. The summed E-state index contributed by atoms with van der Waals surface area (Å²) in [5, 5.41) is 0. The summed E-state index contributed by atoms with van der Waals surface area (Å²) in [5.74, 6) is 0. The predicted octanol–water partition coefficient (Wildman–Crippen LogP) is 1.41. The summed E-state index contributed by atoms with van der Waals surface area (Å²) in [6.45, 7) is 3.06. The molecule has 1 aromatic carbocycles. The van der Waals surface area contributed by atoms with Crippen LogP contribution >= 0.6 is 0 Å². The van der Waals surface area contributed by atoms with E-state index < -0.39 is 0 Å². The number of ether oxygens (including phenoxy) is 1. The summed E-state index contributed by atoms with van der Waals surface area (Å²) in [7, 11) is 3.88. The molecule has 0 bridgehead atoms. The molecule has 1 atom stereocenters. The van der Waals surface area contributed by atoms with Crippen molar-refractivity contribution in [1.29, 1.82) is 0 Å². The molecule has 0 aliphatic carbocycles. The molecule has 82 valence electrons. The van der Waals surface area contributed by atoms with Crippen LogP contribution in [-0.4, -0.2) is 44.9 Å². The quantitative estimate of drug-likeness (QED) is 0.727. The summed E-state index contributed by atoms with van der Waals surface area (Å²) >= 11 is 0. The number of anilines is 1. The Hall–Kier alpha value is -1.06. The lowest BCUT2D eigenvalue weighted by atomic mass is 10.2. The third kappa shape index (κ3) is 2.30. The lowest BCUT2D eigenvalue weighted by Gasteiger charge is -2.39. The van der Waals surface area contributed by atoms with E-state index in [-0.39, 0.29) is 6.23 Å². The van der Waals surface area contributed by atoms with Gasteiger partial charge in [0.15, 0.2) is 0 Å². The molecule has 15 heavy (non-hydrogen) atoms. The van der Waals surface area contributed by atoms with E-state index in [0.717, 1.165) is 19.6 Å². The number of hydrogen-bond donors (Lipinski definition) is 0. The van der Waals surface area contributed by atoms with E-state index in [4.69, 9.17) is 4.74 Å². The molecule has 1 fully saturated rings. The van der Waals surface area contributed by atoms with Gasteiger partial charge in [-0.2, -0.15) is 0 Å². The van der Waals surface area contributed by atoms with Crippen molar-refractivity contribution >= 4 is 5.69 Å². The second-order valence-electron chi connectivity index (χ2n) is 3.95. The van der Waals surface area contributed by atoms with Crippen molar-refractivity contribution in [3.63, 3.8) is 0 Å². The van der Waals surface area contributed by atoms with E-state index in [1.807, 2.05) is 6.07 Å². The third-order valence-electron chi connectivity index (χ3n) is 2.98.